The zero-order valence-electron chi connectivity index (χ0n) is 11.2. The first kappa shape index (κ1) is 13.6. The lowest BCUT2D eigenvalue weighted by Crippen LogP contribution is -2.14. The molecule has 0 aliphatic heterocycles. The van der Waals surface area contributed by atoms with Gasteiger partial charge in [-0.3, -0.25) is 9.59 Å². The summed E-state index contributed by atoms with van der Waals surface area (Å²) < 4.78 is 0. The fourth-order valence-electron chi connectivity index (χ4n) is 1.83. The van der Waals surface area contributed by atoms with E-state index in [4.69, 9.17) is 0 Å². The van der Waals surface area contributed by atoms with Gasteiger partial charge in [-0.2, -0.15) is 0 Å². The highest BCUT2D eigenvalue weighted by Crippen LogP contribution is 2.30. The molecule has 1 aliphatic carbocycles. The minimum Gasteiger partial charge on any atom is -0.326 e. The van der Waals surface area contributed by atoms with Gasteiger partial charge in [0.2, 0.25) is 11.8 Å². The summed E-state index contributed by atoms with van der Waals surface area (Å²) in [5.41, 5.74) is 1.47. The van der Waals surface area contributed by atoms with Crippen molar-refractivity contribution < 1.29 is 9.59 Å². The summed E-state index contributed by atoms with van der Waals surface area (Å²) in [7, 11) is 0. The van der Waals surface area contributed by atoms with Crippen molar-refractivity contribution in [3.63, 3.8) is 0 Å². The maximum absolute atomic E-state index is 11.7. The lowest BCUT2D eigenvalue weighted by atomic mass is 10.2. The van der Waals surface area contributed by atoms with Gasteiger partial charge in [-0.15, -0.1) is 0 Å². The largest absolute Gasteiger partial charge is 0.326 e. The average Bonchev–Trinajstić information content (AvgIpc) is 3.21. The normalized spacial score (nSPS) is 13.9. The van der Waals surface area contributed by atoms with Crippen molar-refractivity contribution in [3.05, 3.63) is 24.3 Å². The second-order valence-corrected chi connectivity index (χ2v) is 5.00. The minimum atomic E-state index is 0.0209. The third kappa shape index (κ3) is 4.39. The van der Waals surface area contributed by atoms with Crippen LogP contribution in [0.4, 0.5) is 11.4 Å². The molecule has 1 aromatic carbocycles. The third-order valence-electron chi connectivity index (χ3n) is 3.12. The number of hydrogen-bond donors (Lipinski definition) is 2. The fourth-order valence-corrected chi connectivity index (χ4v) is 1.83. The Labute approximate surface area is 113 Å². The molecular formula is C15H20N2O2. The Morgan fingerprint density at radius 1 is 1.21 bits per heavy atom. The number of hydrogen-bond acceptors (Lipinski definition) is 2. The molecule has 1 fully saturated rings. The van der Waals surface area contributed by atoms with Gasteiger partial charge in [0, 0.05) is 23.7 Å². The van der Waals surface area contributed by atoms with Gasteiger partial charge in [-0.25, -0.2) is 0 Å². The van der Waals surface area contributed by atoms with Gasteiger partial charge < -0.3 is 10.6 Å². The smallest absolute Gasteiger partial charge is 0.227 e. The van der Waals surface area contributed by atoms with E-state index in [1.54, 1.807) is 6.07 Å². The molecule has 0 aromatic heterocycles. The number of nitrogens with one attached hydrogen (secondary N) is 2. The first-order valence-corrected chi connectivity index (χ1v) is 6.90. The van der Waals surface area contributed by atoms with Crippen LogP contribution in [-0.2, 0) is 9.59 Å². The average molecular weight is 260 g/mol. The Kier molecular flexibility index (Phi) is 4.55. The van der Waals surface area contributed by atoms with Gasteiger partial charge in [0.25, 0.3) is 0 Å². The van der Waals surface area contributed by atoms with E-state index in [1.165, 1.54) is 0 Å². The molecule has 102 valence electrons. The molecule has 0 radical (unpaired) electrons. The second kappa shape index (κ2) is 6.36. The van der Waals surface area contributed by atoms with E-state index in [2.05, 4.69) is 17.6 Å². The molecule has 19 heavy (non-hydrogen) atoms. The highest BCUT2D eigenvalue weighted by atomic mass is 16.2. The topological polar surface area (TPSA) is 58.2 Å². The molecule has 2 rings (SSSR count). The Hall–Kier alpha value is -1.84. The molecule has 4 heteroatoms. The van der Waals surface area contributed by atoms with Gasteiger partial charge >= 0.3 is 0 Å². The summed E-state index contributed by atoms with van der Waals surface area (Å²) in [6.45, 7) is 2.06. The number of anilines is 2. The summed E-state index contributed by atoms with van der Waals surface area (Å²) in [6.07, 6.45) is 4.41. The van der Waals surface area contributed by atoms with Crippen LogP contribution in [0.15, 0.2) is 24.3 Å². The molecule has 2 amide bonds. The second-order valence-electron chi connectivity index (χ2n) is 5.00. The van der Waals surface area contributed by atoms with E-state index in [1.807, 2.05) is 18.2 Å². The monoisotopic (exact) mass is 260 g/mol. The number of rotatable bonds is 6. The first-order valence-electron chi connectivity index (χ1n) is 6.90. The van der Waals surface area contributed by atoms with Crippen LogP contribution in [0, 0.1) is 5.92 Å². The van der Waals surface area contributed by atoms with Crippen LogP contribution in [0.5, 0.6) is 0 Å². The summed E-state index contributed by atoms with van der Waals surface area (Å²) in [5.74, 6) is 0.282. The van der Waals surface area contributed by atoms with E-state index in [-0.39, 0.29) is 17.7 Å². The van der Waals surface area contributed by atoms with Gasteiger partial charge in [-0.1, -0.05) is 19.4 Å². The molecule has 0 atom stereocenters. The maximum Gasteiger partial charge on any atom is 0.227 e. The molecule has 1 aliphatic rings. The van der Waals surface area contributed by atoms with Crippen molar-refractivity contribution >= 4 is 23.2 Å². The fraction of sp³-hybridized carbons (Fsp3) is 0.467. The SMILES string of the molecule is CCCCC(=O)Nc1cccc(NC(=O)C2CC2)c1. The lowest BCUT2D eigenvalue weighted by molar-refractivity contribution is -0.117. The van der Waals surface area contributed by atoms with Crippen molar-refractivity contribution in [2.45, 2.75) is 39.0 Å². The molecule has 2 N–H and O–H groups in total. The van der Waals surface area contributed by atoms with Gasteiger partial charge in [-0.05, 0) is 37.5 Å². The van der Waals surface area contributed by atoms with Crippen molar-refractivity contribution in [1.29, 1.82) is 0 Å². The van der Waals surface area contributed by atoms with Crippen molar-refractivity contribution in [2.24, 2.45) is 5.92 Å². The predicted molar refractivity (Wildman–Crippen MR) is 76.0 cm³/mol. The molecule has 1 saturated carbocycles. The number of amides is 2. The molecule has 0 saturated heterocycles. The van der Waals surface area contributed by atoms with Crippen LogP contribution in [0.3, 0.4) is 0 Å². The maximum atomic E-state index is 11.7. The molecule has 4 nitrogen and oxygen atoms in total. The van der Waals surface area contributed by atoms with Gasteiger partial charge in [0.05, 0.1) is 0 Å². The number of carbonyl (C=O) groups excluding carboxylic acids is 2. The Bertz CT molecular complexity index is 467. The Morgan fingerprint density at radius 2 is 1.89 bits per heavy atom. The zero-order chi connectivity index (χ0) is 13.7. The highest BCUT2D eigenvalue weighted by Gasteiger charge is 2.29. The van der Waals surface area contributed by atoms with Crippen LogP contribution in [0.2, 0.25) is 0 Å². The van der Waals surface area contributed by atoms with Crippen LogP contribution in [-0.4, -0.2) is 11.8 Å². The van der Waals surface area contributed by atoms with Crippen LogP contribution in [0.1, 0.15) is 39.0 Å². The quantitative estimate of drug-likeness (QED) is 0.825. The molecule has 0 spiro atoms. The third-order valence-corrected chi connectivity index (χ3v) is 3.12. The summed E-state index contributed by atoms with van der Waals surface area (Å²) >= 11 is 0. The minimum absolute atomic E-state index is 0.0209. The number of unbranched alkanes of at least 4 members (excludes halogenated alkanes) is 1. The molecule has 1 aromatic rings. The van der Waals surface area contributed by atoms with E-state index in [0.29, 0.717) is 6.42 Å². The van der Waals surface area contributed by atoms with Crippen LogP contribution >= 0.6 is 0 Å². The van der Waals surface area contributed by atoms with E-state index in [9.17, 15) is 9.59 Å². The summed E-state index contributed by atoms with van der Waals surface area (Å²) in [5, 5.41) is 5.72. The summed E-state index contributed by atoms with van der Waals surface area (Å²) in [4.78, 5) is 23.3. The molecule has 0 bridgehead atoms. The molecular weight excluding hydrogens is 240 g/mol. The lowest BCUT2D eigenvalue weighted by Gasteiger charge is -2.08. The van der Waals surface area contributed by atoms with Crippen LogP contribution in [0.25, 0.3) is 0 Å². The summed E-state index contributed by atoms with van der Waals surface area (Å²) in [6, 6.07) is 7.29. The Balaban J connectivity index is 1.90. The van der Waals surface area contributed by atoms with E-state index in [0.717, 1.165) is 37.1 Å². The molecule has 0 heterocycles. The van der Waals surface area contributed by atoms with E-state index < -0.39 is 0 Å². The standard InChI is InChI=1S/C15H20N2O2/c1-2-3-7-14(18)16-12-5-4-6-13(10-12)17-15(19)11-8-9-11/h4-6,10-11H,2-3,7-9H2,1H3,(H,16,18)(H,17,19). The Morgan fingerprint density at radius 3 is 2.53 bits per heavy atom. The van der Waals surface area contributed by atoms with Crippen molar-refractivity contribution in [2.75, 3.05) is 10.6 Å². The van der Waals surface area contributed by atoms with Crippen molar-refractivity contribution in [1.82, 2.24) is 0 Å². The van der Waals surface area contributed by atoms with Gasteiger partial charge in [0.1, 0.15) is 0 Å². The molecule has 0 unspecified atom stereocenters. The van der Waals surface area contributed by atoms with Crippen LogP contribution < -0.4 is 10.6 Å². The first-order chi connectivity index (χ1) is 9.19. The number of carbonyl (C=O) groups is 2. The van der Waals surface area contributed by atoms with Gasteiger partial charge in [0.15, 0.2) is 0 Å². The number of benzene rings is 1. The highest BCUT2D eigenvalue weighted by molar-refractivity contribution is 5.95. The predicted octanol–water partition coefficient (Wildman–Crippen LogP) is 3.16. The van der Waals surface area contributed by atoms with E-state index >= 15 is 0 Å². The van der Waals surface area contributed by atoms with Crippen molar-refractivity contribution in [3.8, 4) is 0 Å². The zero-order valence-corrected chi connectivity index (χ0v) is 11.2.